The summed E-state index contributed by atoms with van der Waals surface area (Å²) < 4.78 is 45.2. The monoisotopic (exact) mass is 413 g/mol. The molecule has 0 aliphatic heterocycles. The third-order valence-electron chi connectivity index (χ3n) is 4.04. The van der Waals surface area contributed by atoms with Crippen molar-refractivity contribution < 1.29 is 23.0 Å². The van der Waals surface area contributed by atoms with Crippen LogP contribution < -0.4 is 15.4 Å². The molecule has 0 fully saturated rings. The van der Waals surface area contributed by atoms with Gasteiger partial charge in [0.2, 0.25) is 0 Å². The van der Waals surface area contributed by atoms with Crippen molar-refractivity contribution in [2.45, 2.75) is 25.6 Å². The number of benzene rings is 1. The zero-order chi connectivity index (χ0) is 21.5. The van der Waals surface area contributed by atoms with Gasteiger partial charge in [-0.25, -0.2) is 4.99 Å². The lowest BCUT2D eigenvalue weighted by molar-refractivity contribution is -0.137. The summed E-state index contributed by atoms with van der Waals surface area (Å²) in [6, 6.07) is 4.73. The number of aryl methyl sites for hydroxylation is 1. The Labute approximate surface area is 167 Å². The fourth-order valence-corrected chi connectivity index (χ4v) is 2.47. The van der Waals surface area contributed by atoms with Crippen LogP contribution in [0.25, 0.3) is 0 Å². The summed E-state index contributed by atoms with van der Waals surface area (Å²) in [5.74, 6) is 0.604. The number of guanidine groups is 1. The fourth-order valence-electron chi connectivity index (χ4n) is 2.47. The van der Waals surface area contributed by atoms with Crippen LogP contribution in [0.4, 0.5) is 13.2 Å². The third-order valence-corrected chi connectivity index (χ3v) is 4.04. The van der Waals surface area contributed by atoms with Crippen LogP contribution in [0.15, 0.2) is 41.7 Å². The number of ether oxygens (including phenoxy) is 1. The zero-order valence-electron chi connectivity index (χ0n) is 16.6. The van der Waals surface area contributed by atoms with Gasteiger partial charge >= 0.3 is 6.18 Å². The molecule has 1 atom stereocenters. The van der Waals surface area contributed by atoms with Crippen LogP contribution in [-0.4, -0.2) is 47.1 Å². The second kappa shape index (κ2) is 9.64. The third kappa shape index (κ3) is 6.97. The van der Waals surface area contributed by atoms with Gasteiger partial charge in [0.25, 0.3) is 0 Å². The van der Waals surface area contributed by atoms with E-state index in [2.05, 4.69) is 20.7 Å². The second-order valence-corrected chi connectivity index (χ2v) is 6.67. The van der Waals surface area contributed by atoms with E-state index in [0.717, 1.165) is 12.1 Å². The number of aromatic nitrogens is 2. The molecule has 0 saturated heterocycles. The summed E-state index contributed by atoms with van der Waals surface area (Å²) in [7, 11) is 1.76. The maximum atomic E-state index is 12.7. The van der Waals surface area contributed by atoms with Gasteiger partial charge in [-0.15, -0.1) is 0 Å². The van der Waals surface area contributed by atoms with Crippen molar-refractivity contribution in [2.24, 2.45) is 12.0 Å². The van der Waals surface area contributed by atoms with Crippen molar-refractivity contribution in [3.8, 4) is 5.75 Å². The molecule has 0 aliphatic carbocycles. The minimum atomic E-state index is -4.41. The maximum Gasteiger partial charge on any atom is 0.416 e. The molecule has 3 N–H and O–H groups in total. The molecule has 160 valence electrons. The van der Waals surface area contributed by atoms with E-state index in [0.29, 0.717) is 24.6 Å². The molecule has 2 aromatic rings. The van der Waals surface area contributed by atoms with Gasteiger partial charge in [0, 0.05) is 25.4 Å². The molecule has 0 aliphatic rings. The lowest BCUT2D eigenvalue weighted by Crippen LogP contribution is -2.40. The molecular formula is C19H26F3N5O2. The van der Waals surface area contributed by atoms with Gasteiger partial charge in [-0.3, -0.25) is 4.68 Å². The fraction of sp³-hybridized carbons (Fsp3) is 0.474. The summed E-state index contributed by atoms with van der Waals surface area (Å²) in [6.45, 7) is 4.71. The molecule has 0 amide bonds. The van der Waals surface area contributed by atoms with Crippen LogP contribution in [0.5, 0.6) is 5.75 Å². The van der Waals surface area contributed by atoms with Crippen LogP contribution in [0, 0.1) is 0 Å². The Balaban J connectivity index is 1.88. The van der Waals surface area contributed by atoms with E-state index in [-0.39, 0.29) is 18.9 Å². The Morgan fingerprint density at radius 3 is 2.66 bits per heavy atom. The van der Waals surface area contributed by atoms with Crippen LogP contribution in [0.1, 0.15) is 25.0 Å². The first-order valence-corrected chi connectivity index (χ1v) is 9.15. The number of hydrogen-bond donors (Lipinski definition) is 3. The molecule has 1 aromatic carbocycles. The first-order valence-electron chi connectivity index (χ1n) is 9.15. The van der Waals surface area contributed by atoms with Gasteiger partial charge in [0.15, 0.2) is 5.96 Å². The molecule has 0 radical (unpaired) electrons. The van der Waals surface area contributed by atoms with E-state index in [1.807, 2.05) is 6.92 Å². The average molecular weight is 413 g/mol. The molecule has 0 spiro atoms. The number of aliphatic hydroxyl groups is 1. The van der Waals surface area contributed by atoms with Crippen molar-refractivity contribution in [3.05, 3.63) is 47.8 Å². The predicted octanol–water partition coefficient (Wildman–Crippen LogP) is 2.28. The van der Waals surface area contributed by atoms with Crippen LogP contribution in [0.3, 0.4) is 0 Å². The van der Waals surface area contributed by atoms with Crippen molar-refractivity contribution in [3.63, 3.8) is 0 Å². The molecule has 7 nitrogen and oxygen atoms in total. The van der Waals surface area contributed by atoms with Gasteiger partial charge in [-0.05, 0) is 32.0 Å². The molecule has 0 bridgehead atoms. The minimum Gasteiger partial charge on any atom is -0.492 e. The molecule has 29 heavy (non-hydrogen) atoms. The molecule has 0 saturated carbocycles. The van der Waals surface area contributed by atoms with Gasteiger partial charge in [-0.2, -0.15) is 18.3 Å². The minimum absolute atomic E-state index is 0.0997. The molecule has 1 heterocycles. The van der Waals surface area contributed by atoms with E-state index in [4.69, 9.17) is 4.74 Å². The summed E-state index contributed by atoms with van der Waals surface area (Å²) in [5, 5.41) is 20.7. The van der Waals surface area contributed by atoms with E-state index >= 15 is 0 Å². The van der Waals surface area contributed by atoms with Crippen molar-refractivity contribution in [1.82, 2.24) is 20.4 Å². The molecular weight excluding hydrogens is 387 g/mol. The molecule has 1 aromatic heterocycles. The lowest BCUT2D eigenvalue weighted by atomic mass is 10.0. The number of rotatable bonds is 8. The zero-order valence-corrected chi connectivity index (χ0v) is 16.6. The number of nitrogens with one attached hydrogen (secondary N) is 2. The van der Waals surface area contributed by atoms with Crippen LogP contribution in [-0.2, 0) is 18.8 Å². The standard InChI is InChI=1S/C19H26F3N5O2/c1-4-23-17(25-13-18(2,28)15-11-26-27(3)12-15)24-8-9-29-16-7-5-6-14(10-16)19(20,21)22/h5-7,10-12,28H,4,8-9,13H2,1-3H3,(H2,23,24,25). The Morgan fingerprint density at radius 1 is 1.28 bits per heavy atom. The molecule has 1 unspecified atom stereocenters. The highest BCUT2D eigenvalue weighted by Crippen LogP contribution is 2.31. The number of aliphatic imine (C=N–C) groups is 1. The topological polar surface area (TPSA) is 83.7 Å². The Morgan fingerprint density at radius 2 is 2.03 bits per heavy atom. The highest BCUT2D eigenvalue weighted by Gasteiger charge is 2.30. The van der Waals surface area contributed by atoms with Crippen molar-refractivity contribution >= 4 is 5.96 Å². The largest absolute Gasteiger partial charge is 0.492 e. The Kier molecular flexibility index (Phi) is 7.49. The first-order chi connectivity index (χ1) is 13.6. The molecule has 2 rings (SSSR count). The highest BCUT2D eigenvalue weighted by atomic mass is 19.4. The number of hydrogen-bond acceptors (Lipinski definition) is 4. The number of halogens is 3. The van der Waals surface area contributed by atoms with Crippen LogP contribution in [0.2, 0.25) is 0 Å². The molecule has 10 heteroatoms. The van der Waals surface area contributed by atoms with Gasteiger partial charge in [-0.1, -0.05) is 6.07 Å². The Bertz CT molecular complexity index is 818. The maximum absolute atomic E-state index is 12.7. The average Bonchev–Trinajstić information content (AvgIpc) is 3.10. The summed E-state index contributed by atoms with van der Waals surface area (Å²) in [4.78, 5) is 4.36. The summed E-state index contributed by atoms with van der Waals surface area (Å²) >= 11 is 0. The lowest BCUT2D eigenvalue weighted by Gasteiger charge is -2.20. The van der Waals surface area contributed by atoms with Crippen molar-refractivity contribution in [1.29, 1.82) is 0 Å². The second-order valence-electron chi connectivity index (χ2n) is 6.67. The smallest absolute Gasteiger partial charge is 0.416 e. The van der Waals surface area contributed by atoms with E-state index in [1.165, 1.54) is 12.1 Å². The Hall–Kier alpha value is -2.75. The van der Waals surface area contributed by atoms with E-state index in [1.54, 1.807) is 31.0 Å². The van der Waals surface area contributed by atoms with E-state index < -0.39 is 17.3 Å². The summed E-state index contributed by atoms with van der Waals surface area (Å²) in [6.07, 6.45) is -1.11. The van der Waals surface area contributed by atoms with E-state index in [9.17, 15) is 18.3 Å². The van der Waals surface area contributed by atoms with Gasteiger partial charge in [0.1, 0.15) is 18.0 Å². The van der Waals surface area contributed by atoms with Gasteiger partial charge in [0.05, 0.1) is 24.8 Å². The number of alkyl halides is 3. The predicted molar refractivity (Wildman–Crippen MR) is 104 cm³/mol. The SMILES string of the molecule is CCNC(=NCC(C)(O)c1cnn(C)c1)NCCOc1cccc(C(F)(F)F)c1. The highest BCUT2D eigenvalue weighted by molar-refractivity contribution is 5.79. The number of nitrogens with zero attached hydrogens (tertiary/aromatic N) is 3. The normalized spacial score (nSPS) is 14.4. The van der Waals surface area contributed by atoms with Crippen molar-refractivity contribution in [2.75, 3.05) is 26.2 Å². The quantitative estimate of drug-likeness (QED) is 0.351. The summed E-state index contributed by atoms with van der Waals surface area (Å²) in [5.41, 5.74) is -1.30. The van der Waals surface area contributed by atoms with Gasteiger partial charge < -0.3 is 20.5 Å². The van der Waals surface area contributed by atoms with Crippen LogP contribution >= 0.6 is 0 Å². The first kappa shape index (κ1) is 22.5.